The largest absolute Gasteiger partial charge is 0.508 e. The monoisotopic (exact) mass is 339 g/mol. The Balaban J connectivity index is 1.74. The first-order valence-corrected chi connectivity index (χ1v) is 8.56. The Morgan fingerprint density at radius 1 is 1.24 bits per heavy atom. The topological polar surface area (TPSA) is 68.8 Å². The van der Waals surface area contributed by atoms with Crippen molar-refractivity contribution in [3.63, 3.8) is 0 Å². The highest BCUT2D eigenvalue weighted by atomic mass is 16.5. The highest BCUT2D eigenvalue weighted by molar-refractivity contribution is 5.45. The van der Waals surface area contributed by atoms with E-state index in [0.717, 1.165) is 43.1 Å². The Labute approximate surface area is 145 Å². The SMILES string of the molecule is Cc1cn2c(C3CCOCC3)ncc2c(=O)n1Cc1ccc(O)cc1. The van der Waals surface area contributed by atoms with E-state index in [-0.39, 0.29) is 11.3 Å². The molecule has 0 amide bonds. The van der Waals surface area contributed by atoms with Crippen LogP contribution in [0.1, 0.15) is 35.8 Å². The van der Waals surface area contributed by atoms with Gasteiger partial charge in [0.05, 0.1) is 12.7 Å². The average molecular weight is 339 g/mol. The summed E-state index contributed by atoms with van der Waals surface area (Å²) in [7, 11) is 0. The van der Waals surface area contributed by atoms with Gasteiger partial charge in [-0.05, 0) is 37.5 Å². The van der Waals surface area contributed by atoms with Gasteiger partial charge in [0, 0.05) is 31.0 Å². The minimum Gasteiger partial charge on any atom is -0.508 e. The molecule has 0 saturated carbocycles. The molecule has 2 aromatic heterocycles. The normalized spacial score (nSPS) is 15.7. The summed E-state index contributed by atoms with van der Waals surface area (Å²) in [5.41, 5.74) is 2.41. The third kappa shape index (κ3) is 2.93. The lowest BCUT2D eigenvalue weighted by Crippen LogP contribution is -2.25. The minimum atomic E-state index is -0.0427. The van der Waals surface area contributed by atoms with E-state index >= 15 is 0 Å². The van der Waals surface area contributed by atoms with Crippen LogP contribution in [0.25, 0.3) is 5.52 Å². The van der Waals surface area contributed by atoms with Crippen LogP contribution in [-0.2, 0) is 11.3 Å². The summed E-state index contributed by atoms with van der Waals surface area (Å²) in [4.78, 5) is 17.5. The Kier molecular flexibility index (Phi) is 4.05. The summed E-state index contributed by atoms with van der Waals surface area (Å²) in [6.45, 7) is 3.90. The Bertz CT molecular complexity index is 950. The lowest BCUT2D eigenvalue weighted by molar-refractivity contribution is 0.0835. The third-order valence-corrected chi connectivity index (χ3v) is 4.89. The zero-order valence-corrected chi connectivity index (χ0v) is 14.2. The Morgan fingerprint density at radius 3 is 2.68 bits per heavy atom. The number of aryl methyl sites for hydroxylation is 1. The number of fused-ring (bicyclic) bond motifs is 1. The van der Waals surface area contributed by atoms with Crippen LogP contribution >= 0.6 is 0 Å². The fourth-order valence-electron chi connectivity index (χ4n) is 3.46. The number of nitrogens with zero attached hydrogens (tertiary/aromatic N) is 3. The molecule has 6 heteroatoms. The molecule has 0 aliphatic carbocycles. The van der Waals surface area contributed by atoms with Crippen LogP contribution in [0.15, 0.2) is 41.5 Å². The first-order valence-electron chi connectivity index (χ1n) is 8.56. The first kappa shape index (κ1) is 15.9. The van der Waals surface area contributed by atoms with Gasteiger partial charge in [-0.3, -0.25) is 9.20 Å². The van der Waals surface area contributed by atoms with E-state index in [9.17, 15) is 9.90 Å². The van der Waals surface area contributed by atoms with Crippen LogP contribution in [0.2, 0.25) is 0 Å². The predicted octanol–water partition coefficient (Wildman–Crippen LogP) is 2.45. The molecular weight excluding hydrogens is 318 g/mol. The standard InChI is InChI=1S/C19H21N3O3/c1-13-11-22-17(10-20-18(22)15-6-8-25-9-7-15)19(24)21(13)12-14-2-4-16(23)5-3-14/h2-5,10-11,15,23H,6-9,12H2,1H3. The molecule has 1 aliphatic rings. The smallest absolute Gasteiger partial charge is 0.276 e. The number of hydrogen-bond acceptors (Lipinski definition) is 4. The van der Waals surface area contributed by atoms with Crippen molar-refractivity contribution in [1.82, 2.24) is 14.0 Å². The quantitative estimate of drug-likeness (QED) is 0.796. The van der Waals surface area contributed by atoms with E-state index in [1.165, 1.54) is 0 Å². The number of benzene rings is 1. The summed E-state index contributed by atoms with van der Waals surface area (Å²) in [6, 6.07) is 6.93. The van der Waals surface area contributed by atoms with Gasteiger partial charge < -0.3 is 14.4 Å². The molecule has 6 nitrogen and oxygen atoms in total. The van der Waals surface area contributed by atoms with Gasteiger partial charge in [-0.25, -0.2) is 4.98 Å². The number of aromatic nitrogens is 3. The van der Waals surface area contributed by atoms with Crippen LogP contribution in [-0.4, -0.2) is 32.3 Å². The van der Waals surface area contributed by atoms with Crippen LogP contribution in [0.5, 0.6) is 5.75 Å². The van der Waals surface area contributed by atoms with Crippen LogP contribution in [0.4, 0.5) is 0 Å². The molecule has 1 saturated heterocycles. The highest BCUT2D eigenvalue weighted by Crippen LogP contribution is 2.26. The first-order chi connectivity index (χ1) is 12.1. The molecule has 1 fully saturated rings. The van der Waals surface area contributed by atoms with Crippen molar-refractivity contribution in [2.45, 2.75) is 32.2 Å². The van der Waals surface area contributed by atoms with Crippen LogP contribution in [0.3, 0.4) is 0 Å². The molecule has 0 atom stereocenters. The zero-order valence-electron chi connectivity index (χ0n) is 14.2. The van der Waals surface area contributed by atoms with Gasteiger partial charge in [0.15, 0.2) is 0 Å². The summed E-state index contributed by atoms with van der Waals surface area (Å²) in [5.74, 6) is 1.51. The number of hydrogen-bond donors (Lipinski definition) is 1. The molecule has 0 spiro atoms. The van der Waals surface area contributed by atoms with Crippen LogP contribution in [0, 0.1) is 6.92 Å². The van der Waals surface area contributed by atoms with Crippen molar-refractivity contribution in [2.75, 3.05) is 13.2 Å². The second kappa shape index (κ2) is 6.37. The van der Waals surface area contributed by atoms with Gasteiger partial charge in [0.1, 0.15) is 17.1 Å². The van der Waals surface area contributed by atoms with Gasteiger partial charge in [0.2, 0.25) is 0 Å². The van der Waals surface area contributed by atoms with Crippen LogP contribution < -0.4 is 5.56 Å². The van der Waals surface area contributed by atoms with Crippen molar-refractivity contribution in [3.05, 3.63) is 64.1 Å². The molecule has 0 radical (unpaired) electrons. The molecule has 3 aromatic rings. The van der Waals surface area contributed by atoms with Gasteiger partial charge in [0.25, 0.3) is 5.56 Å². The second-order valence-corrected chi connectivity index (χ2v) is 6.59. The fourth-order valence-corrected chi connectivity index (χ4v) is 3.46. The van der Waals surface area contributed by atoms with E-state index in [0.29, 0.717) is 18.0 Å². The zero-order chi connectivity index (χ0) is 17.4. The Morgan fingerprint density at radius 2 is 1.96 bits per heavy atom. The maximum absolute atomic E-state index is 12.9. The van der Waals surface area contributed by atoms with Crippen molar-refractivity contribution in [2.24, 2.45) is 0 Å². The predicted molar refractivity (Wildman–Crippen MR) is 94.2 cm³/mol. The summed E-state index contributed by atoms with van der Waals surface area (Å²) in [6.07, 6.45) is 5.55. The number of rotatable bonds is 3. The van der Waals surface area contributed by atoms with E-state index < -0.39 is 0 Å². The Hall–Kier alpha value is -2.60. The number of phenolic OH excluding ortho intramolecular Hbond substituents is 1. The molecule has 1 aromatic carbocycles. The van der Waals surface area contributed by atoms with Gasteiger partial charge >= 0.3 is 0 Å². The average Bonchev–Trinajstić information content (AvgIpc) is 3.05. The van der Waals surface area contributed by atoms with Crippen molar-refractivity contribution < 1.29 is 9.84 Å². The lowest BCUT2D eigenvalue weighted by Gasteiger charge is -2.21. The molecule has 25 heavy (non-hydrogen) atoms. The molecule has 0 unspecified atom stereocenters. The fraction of sp³-hybridized carbons (Fsp3) is 0.368. The molecule has 1 N–H and O–H groups in total. The molecule has 130 valence electrons. The number of imidazole rings is 1. The maximum Gasteiger partial charge on any atom is 0.276 e. The minimum absolute atomic E-state index is 0.0427. The summed E-state index contributed by atoms with van der Waals surface area (Å²) >= 11 is 0. The molecule has 1 aliphatic heterocycles. The van der Waals surface area contributed by atoms with Crippen molar-refractivity contribution >= 4 is 5.52 Å². The third-order valence-electron chi connectivity index (χ3n) is 4.89. The number of aromatic hydroxyl groups is 1. The van der Waals surface area contributed by atoms with E-state index in [1.807, 2.05) is 29.7 Å². The molecule has 3 heterocycles. The van der Waals surface area contributed by atoms with E-state index in [2.05, 4.69) is 4.98 Å². The van der Waals surface area contributed by atoms with E-state index in [4.69, 9.17) is 4.74 Å². The highest BCUT2D eigenvalue weighted by Gasteiger charge is 2.21. The maximum atomic E-state index is 12.9. The van der Waals surface area contributed by atoms with Crippen molar-refractivity contribution in [1.29, 1.82) is 0 Å². The lowest BCUT2D eigenvalue weighted by atomic mass is 10.00. The van der Waals surface area contributed by atoms with Gasteiger partial charge in [-0.1, -0.05) is 12.1 Å². The number of ether oxygens (including phenoxy) is 1. The summed E-state index contributed by atoms with van der Waals surface area (Å²) in [5, 5.41) is 9.41. The number of phenols is 1. The second-order valence-electron chi connectivity index (χ2n) is 6.59. The van der Waals surface area contributed by atoms with Gasteiger partial charge in [-0.2, -0.15) is 0 Å². The molecular formula is C19H21N3O3. The van der Waals surface area contributed by atoms with Crippen molar-refractivity contribution in [3.8, 4) is 5.75 Å². The summed E-state index contributed by atoms with van der Waals surface area (Å²) < 4.78 is 9.12. The van der Waals surface area contributed by atoms with E-state index in [1.54, 1.807) is 22.9 Å². The molecule has 4 rings (SSSR count). The molecule has 0 bridgehead atoms. The van der Waals surface area contributed by atoms with Gasteiger partial charge in [-0.15, -0.1) is 0 Å².